The van der Waals surface area contributed by atoms with Crippen LogP contribution < -0.4 is 4.74 Å². The number of benzene rings is 1. The molecule has 30 heavy (non-hydrogen) atoms. The lowest BCUT2D eigenvalue weighted by Gasteiger charge is -2.39. The average molecular weight is 430 g/mol. The van der Waals surface area contributed by atoms with Crippen molar-refractivity contribution in [2.75, 3.05) is 26.9 Å². The molecule has 1 aromatic carbocycles. The van der Waals surface area contributed by atoms with Crippen LogP contribution in [0.1, 0.15) is 5.56 Å². The van der Waals surface area contributed by atoms with Crippen LogP contribution >= 0.6 is 0 Å². The van der Waals surface area contributed by atoms with Gasteiger partial charge >= 0.3 is 5.97 Å². The smallest absolute Gasteiger partial charge is 0.330 e. The summed E-state index contributed by atoms with van der Waals surface area (Å²) < 4.78 is 20.1. The van der Waals surface area contributed by atoms with Gasteiger partial charge in [-0.25, -0.2) is 4.79 Å². The quantitative estimate of drug-likeness (QED) is 0.191. The summed E-state index contributed by atoms with van der Waals surface area (Å²) in [4.78, 5) is 11.8. The van der Waals surface area contributed by atoms with Crippen molar-refractivity contribution in [3.05, 3.63) is 29.8 Å². The van der Waals surface area contributed by atoms with Crippen LogP contribution in [0.3, 0.4) is 0 Å². The van der Waals surface area contributed by atoms with Gasteiger partial charge in [-0.2, -0.15) is 0 Å². The number of phenolic OH excluding ortho intramolecular Hbond substituents is 1. The minimum absolute atomic E-state index is 0.0419. The van der Waals surface area contributed by atoms with Gasteiger partial charge in [0.15, 0.2) is 17.8 Å². The number of carbonyl (C=O) groups excluding carboxylic acids is 1. The van der Waals surface area contributed by atoms with Crippen molar-refractivity contribution < 1.29 is 54.4 Å². The summed E-state index contributed by atoms with van der Waals surface area (Å²) in [6, 6.07) is 4.48. The van der Waals surface area contributed by atoms with E-state index in [2.05, 4.69) is 0 Å². The van der Waals surface area contributed by atoms with E-state index < -0.39 is 62.6 Å². The second-order valence-electron chi connectivity index (χ2n) is 6.58. The Kier molecular flexibility index (Phi) is 8.99. The van der Waals surface area contributed by atoms with Crippen molar-refractivity contribution in [2.24, 2.45) is 0 Å². The van der Waals surface area contributed by atoms with E-state index >= 15 is 0 Å². The molecule has 0 aliphatic carbocycles. The van der Waals surface area contributed by atoms with Crippen LogP contribution in [0.15, 0.2) is 24.3 Å². The molecule has 1 saturated heterocycles. The summed E-state index contributed by atoms with van der Waals surface area (Å²) >= 11 is 0. The first-order chi connectivity index (χ1) is 14.3. The molecule has 1 heterocycles. The highest BCUT2D eigenvalue weighted by Crippen LogP contribution is 2.26. The Hall–Kier alpha value is -2.25. The molecule has 11 heteroatoms. The maximum atomic E-state index is 11.8. The number of ether oxygens (including phenoxy) is 4. The molecule has 0 radical (unpaired) electrons. The molecule has 0 unspecified atom stereocenters. The Morgan fingerprint density at radius 1 is 1.20 bits per heavy atom. The summed E-state index contributed by atoms with van der Waals surface area (Å²) in [6.45, 7) is -1.43. The normalized spacial score (nSPS) is 27.7. The third-order valence-corrected chi connectivity index (χ3v) is 4.33. The highest BCUT2D eigenvalue weighted by atomic mass is 16.7. The summed E-state index contributed by atoms with van der Waals surface area (Å²) in [5.74, 6) is -0.542. The molecule has 1 fully saturated rings. The van der Waals surface area contributed by atoms with Crippen LogP contribution in [-0.4, -0.2) is 100 Å². The molecule has 6 N–H and O–H groups in total. The Morgan fingerprint density at radius 3 is 2.60 bits per heavy atom. The second kappa shape index (κ2) is 11.2. The molecule has 6 atom stereocenters. The number of rotatable bonds is 9. The maximum absolute atomic E-state index is 11.8. The van der Waals surface area contributed by atoms with Gasteiger partial charge in [0, 0.05) is 6.08 Å². The zero-order valence-electron chi connectivity index (χ0n) is 16.2. The number of carbonyl (C=O) groups is 1. The number of aliphatic hydroxyl groups is 5. The van der Waals surface area contributed by atoms with E-state index in [9.17, 15) is 30.3 Å². The number of methoxy groups -OCH3 is 1. The standard InChI is InChI=1S/C19H26O11/c1-27-13-6-10(2-4-12(13)22)3-5-15(23)28-8-11(21)9-29-19-18(26)17(25)16(24)14(7-20)30-19/h2-6,11,14,16-22,24-26H,7-9H2,1H3/t11-,14+,16+,17-,18+,19+/m0/s1. The minimum Gasteiger partial charge on any atom is -0.504 e. The summed E-state index contributed by atoms with van der Waals surface area (Å²) in [5.41, 5.74) is 0.577. The molecule has 1 aliphatic heterocycles. The largest absolute Gasteiger partial charge is 0.504 e. The lowest BCUT2D eigenvalue weighted by Crippen LogP contribution is -2.59. The van der Waals surface area contributed by atoms with Crippen LogP contribution in [0, 0.1) is 0 Å². The van der Waals surface area contributed by atoms with E-state index in [1.54, 1.807) is 6.07 Å². The van der Waals surface area contributed by atoms with E-state index in [4.69, 9.17) is 24.1 Å². The van der Waals surface area contributed by atoms with Crippen LogP contribution in [-0.2, 0) is 19.0 Å². The van der Waals surface area contributed by atoms with Gasteiger partial charge < -0.3 is 49.6 Å². The number of aliphatic hydroxyl groups excluding tert-OH is 5. The second-order valence-corrected chi connectivity index (χ2v) is 6.58. The first-order valence-electron chi connectivity index (χ1n) is 9.08. The van der Waals surface area contributed by atoms with Gasteiger partial charge in [0.25, 0.3) is 0 Å². The number of phenols is 1. The van der Waals surface area contributed by atoms with Gasteiger partial charge in [0.05, 0.1) is 20.3 Å². The van der Waals surface area contributed by atoms with Gasteiger partial charge in [-0.15, -0.1) is 0 Å². The fourth-order valence-electron chi connectivity index (χ4n) is 2.65. The van der Waals surface area contributed by atoms with Gasteiger partial charge in [0.1, 0.15) is 37.1 Å². The van der Waals surface area contributed by atoms with Crippen molar-refractivity contribution in [3.8, 4) is 11.5 Å². The van der Waals surface area contributed by atoms with E-state index in [1.165, 1.54) is 25.3 Å². The highest BCUT2D eigenvalue weighted by Gasteiger charge is 2.44. The monoisotopic (exact) mass is 430 g/mol. The maximum Gasteiger partial charge on any atom is 0.330 e. The minimum atomic E-state index is -1.60. The molecule has 1 aromatic rings. The molecule has 0 bridgehead atoms. The number of hydrogen-bond acceptors (Lipinski definition) is 11. The van der Waals surface area contributed by atoms with Gasteiger partial charge in [-0.1, -0.05) is 6.07 Å². The first kappa shape index (κ1) is 24.0. The topological polar surface area (TPSA) is 175 Å². The van der Waals surface area contributed by atoms with Gasteiger partial charge in [-0.05, 0) is 23.8 Å². The van der Waals surface area contributed by atoms with Crippen LogP contribution in [0.25, 0.3) is 6.08 Å². The van der Waals surface area contributed by atoms with Gasteiger partial charge in [0.2, 0.25) is 0 Å². The molecule has 0 spiro atoms. The molecule has 0 saturated carbocycles. The number of hydrogen-bond donors (Lipinski definition) is 6. The summed E-state index contributed by atoms with van der Waals surface area (Å²) in [5, 5.41) is 57.7. The molecule has 2 rings (SSSR count). The van der Waals surface area contributed by atoms with Crippen LogP contribution in [0.5, 0.6) is 11.5 Å². The zero-order chi connectivity index (χ0) is 22.3. The number of aromatic hydroxyl groups is 1. The molecule has 168 valence electrons. The van der Waals surface area contributed by atoms with Crippen molar-refractivity contribution in [1.82, 2.24) is 0 Å². The Morgan fingerprint density at radius 2 is 1.93 bits per heavy atom. The molecule has 0 aromatic heterocycles. The molecule has 11 nitrogen and oxygen atoms in total. The summed E-state index contributed by atoms with van der Waals surface area (Å²) in [6.07, 6.45) is -5.94. The third kappa shape index (κ3) is 6.37. The lowest BCUT2D eigenvalue weighted by molar-refractivity contribution is -0.304. The van der Waals surface area contributed by atoms with Crippen molar-refractivity contribution in [1.29, 1.82) is 0 Å². The van der Waals surface area contributed by atoms with E-state index in [1.807, 2.05) is 0 Å². The molecule has 1 aliphatic rings. The lowest BCUT2D eigenvalue weighted by atomic mass is 9.99. The fourth-order valence-corrected chi connectivity index (χ4v) is 2.65. The SMILES string of the molecule is COc1cc(C=CC(=O)OC[C@H](O)CO[C@@H]2O[C@H](CO)[C@@H](O)[C@H](O)[C@H]2O)ccc1O. The van der Waals surface area contributed by atoms with Gasteiger partial charge in [-0.3, -0.25) is 0 Å². The average Bonchev–Trinajstić information content (AvgIpc) is 2.75. The number of esters is 1. The Labute approximate surface area is 172 Å². The first-order valence-corrected chi connectivity index (χ1v) is 9.08. The third-order valence-electron chi connectivity index (χ3n) is 4.33. The Balaban J connectivity index is 1.77. The van der Waals surface area contributed by atoms with Crippen molar-refractivity contribution in [3.63, 3.8) is 0 Å². The molecular formula is C19H26O11. The molecule has 0 amide bonds. The highest BCUT2D eigenvalue weighted by molar-refractivity contribution is 5.87. The van der Waals surface area contributed by atoms with Crippen LogP contribution in [0.2, 0.25) is 0 Å². The predicted octanol–water partition coefficient (Wildman–Crippen LogP) is -1.87. The molecular weight excluding hydrogens is 404 g/mol. The fraction of sp³-hybridized carbons (Fsp3) is 0.526. The predicted molar refractivity (Wildman–Crippen MR) is 100 cm³/mol. The zero-order valence-corrected chi connectivity index (χ0v) is 16.2. The van der Waals surface area contributed by atoms with E-state index in [-0.39, 0.29) is 11.5 Å². The summed E-state index contributed by atoms with van der Waals surface area (Å²) in [7, 11) is 1.39. The van der Waals surface area contributed by atoms with Crippen molar-refractivity contribution >= 4 is 12.0 Å². The Bertz CT molecular complexity index is 720. The van der Waals surface area contributed by atoms with E-state index in [0.717, 1.165) is 6.08 Å². The van der Waals surface area contributed by atoms with Crippen molar-refractivity contribution in [2.45, 2.75) is 36.8 Å². The van der Waals surface area contributed by atoms with Crippen LogP contribution in [0.4, 0.5) is 0 Å². The van der Waals surface area contributed by atoms with E-state index in [0.29, 0.717) is 5.56 Å².